The Morgan fingerprint density at radius 1 is 1.06 bits per heavy atom. The summed E-state index contributed by atoms with van der Waals surface area (Å²) < 4.78 is 6.13. The van der Waals surface area contributed by atoms with Gasteiger partial charge in [0, 0.05) is 0 Å². The largest absolute Gasteiger partial charge is 0.507 e. The van der Waals surface area contributed by atoms with E-state index in [1.165, 1.54) is 5.38 Å². The Kier molecular flexibility index (Phi) is 5.08. The molecule has 0 unspecified atom stereocenters. The minimum Gasteiger partial charge on any atom is -0.507 e. The lowest BCUT2D eigenvalue weighted by molar-refractivity contribution is 0.279. The summed E-state index contributed by atoms with van der Waals surface area (Å²) in [6.07, 6.45) is 3.14. The van der Waals surface area contributed by atoms with Gasteiger partial charge in [0.1, 0.15) is 8.07 Å². The Balaban J connectivity index is 4.78. The molecule has 0 radical (unpaired) electrons. The number of rotatable bonds is 4. The smallest absolute Gasteiger partial charge is 0.130 e. The lowest BCUT2D eigenvalue weighted by atomic mass is 10.2. The molecule has 0 spiro atoms. The van der Waals surface area contributed by atoms with Crippen LogP contribution in [0.15, 0.2) is 11.5 Å². The monoisotopic (exact) mass is 258 g/mol. The summed E-state index contributed by atoms with van der Waals surface area (Å²) in [5.41, 5.74) is 0. The molecule has 0 aromatic rings. The van der Waals surface area contributed by atoms with Crippen LogP contribution in [0.1, 0.15) is 27.7 Å². The highest BCUT2D eigenvalue weighted by Crippen LogP contribution is 2.40. The molecule has 0 saturated carbocycles. The SMILES string of the molecule is C/C=C(\OC[Si](C)(C)C)[Si](C)(C)C(C)(C)C. The first kappa shape index (κ1) is 16.0. The molecule has 0 aromatic heterocycles. The van der Waals surface area contributed by atoms with Crippen LogP contribution in [0.25, 0.3) is 0 Å². The predicted molar refractivity (Wildman–Crippen MR) is 80.3 cm³/mol. The molecule has 0 aliphatic heterocycles. The summed E-state index contributed by atoms with van der Waals surface area (Å²) in [4.78, 5) is 0. The van der Waals surface area contributed by atoms with Crippen molar-refractivity contribution < 1.29 is 4.74 Å². The van der Waals surface area contributed by atoms with Crippen LogP contribution in [-0.4, -0.2) is 22.4 Å². The molecule has 0 aliphatic carbocycles. The molecule has 0 rings (SSSR count). The van der Waals surface area contributed by atoms with Gasteiger partial charge in [0.15, 0.2) is 0 Å². The molecule has 0 N–H and O–H groups in total. The third kappa shape index (κ3) is 4.46. The van der Waals surface area contributed by atoms with E-state index in [0.717, 1.165) is 6.23 Å². The normalized spacial score (nSPS) is 15.2. The Labute approximate surface area is 104 Å². The molecule has 0 aromatic carbocycles. The Morgan fingerprint density at radius 2 is 1.50 bits per heavy atom. The second-order valence-corrected chi connectivity index (χ2v) is 18.0. The number of hydrogen-bond acceptors (Lipinski definition) is 1. The van der Waals surface area contributed by atoms with E-state index in [4.69, 9.17) is 4.74 Å². The van der Waals surface area contributed by atoms with Crippen molar-refractivity contribution in [2.75, 3.05) is 6.23 Å². The van der Waals surface area contributed by atoms with Gasteiger partial charge in [-0.2, -0.15) is 0 Å². The zero-order valence-corrected chi connectivity index (χ0v) is 14.7. The van der Waals surface area contributed by atoms with Gasteiger partial charge in [-0.3, -0.25) is 0 Å². The maximum Gasteiger partial charge on any atom is 0.130 e. The quantitative estimate of drug-likeness (QED) is 0.518. The van der Waals surface area contributed by atoms with Crippen molar-refractivity contribution in [3.05, 3.63) is 11.5 Å². The van der Waals surface area contributed by atoms with Crippen LogP contribution in [0.3, 0.4) is 0 Å². The van der Waals surface area contributed by atoms with E-state index in [1.807, 2.05) is 0 Å². The van der Waals surface area contributed by atoms with Crippen LogP contribution < -0.4 is 0 Å². The topological polar surface area (TPSA) is 9.23 Å². The van der Waals surface area contributed by atoms with Gasteiger partial charge in [0.2, 0.25) is 0 Å². The molecule has 16 heavy (non-hydrogen) atoms. The first-order valence-electron chi connectivity index (χ1n) is 6.21. The standard InChI is InChI=1S/C13H30OSi2/c1-10-12(14-11-15(5,6)7)16(8,9)13(2,3)4/h10H,11H2,1-9H3/b12-10+. The zero-order valence-electron chi connectivity index (χ0n) is 12.7. The minimum atomic E-state index is -1.47. The molecular formula is C13H30OSi2. The van der Waals surface area contributed by atoms with Gasteiger partial charge in [-0.25, -0.2) is 0 Å². The summed E-state index contributed by atoms with van der Waals surface area (Å²) in [5, 5.41) is 1.64. The highest BCUT2D eigenvalue weighted by atomic mass is 28.3. The van der Waals surface area contributed by atoms with Crippen LogP contribution in [0.2, 0.25) is 37.8 Å². The Bertz CT molecular complexity index is 254. The molecule has 0 saturated heterocycles. The summed E-state index contributed by atoms with van der Waals surface area (Å²) in [7, 11) is -2.59. The molecule has 0 heterocycles. The van der Waals surface area contributed by atoms with Gasteiger partial charge in [-0.1, -0.05) is 59.6 Å². The van der Waals surface area contributed by atoms with Gasteiger partial charge in [-0.15, -0.1) is 0 Å². The van der Waals surface area contributed by atoms with Crippen molar-refractivity contribution in [2.24, 2.45) is 0 Å². The maximum absolute atomic E-state index is 6.13. The first-order chi connectivity index (χ1) is 6.92. The van der Waals surface area contributed by atoms with Crippen molar-refractivity contribution in [1.29, 1.82) is 0 Å². The molecule has 96 valence electrons. The zero-order chi connectivity index (χ0) is 13.2. The van der Waals surface area contributed by atoms with Crippen molar-refractivity contribution in [3.63, 3.8) is 0 Å². The van der Waals surface area contributed by atoms with Crippen LogP contribution >= 0.6 is 0 Å². The second-order valence-electron chi connectivity index (χ2n) is 7.38. The third-order valence-corrected chi connectivity index (χ3v) is 9.84. The average Bonchev–Trinajstić information content (AvgIpc) is 2.00. The van der Waals surface area contributed by atoms with Gasteiger partial charge in [0.25, 0.3) is 0 Å². The lowest BCUT2D eigenvalue weighted by Gasteiger charge is -2.39. The fourth-order valence-electron chi connectivity index (χ4n) is 1.29. The first-order valence-corrected chi connectivity index (χ1v) is 12.9. The van der Waals surface area contributed by atoms with Gasteiger partial charge >= 0.3 is 0 Å². The summed E-state index contributed by atoms with van der Waals surface area (Å²) in [5.74, 6) is 0. The minimum absolute atomic E-state index is 0.355. The highest BCUT2D eigenvalue weighted by Gasteiger charge is 2.40. The van der Waals surface area contributed by atoms with Crippen LogP contribution in [0, 0.1) is 0 Å². The van der Waals surface area contributed by atoms with Crippen molar-refractivity contribution in [2.45, 2.75) is 65.5 Å². The van der Waals surface area contributed by atoms with Gasteiger partial charge in [-0.05, 0) is 12.0 Å². The van der Waals surface area contributed by atoms with Crippen molar-refractivity contribution in [3.8, 4) is 0 Å². The van der Waals surface area contributed by atoms with E-state index in [1.54, 1.807) is 0 Å². The molecule has 0 bridgehead atoms. The molecule has 1 nitrogen and oxygen atoms in total. The molecular weight excluding hydrogens is 228 g/mol. The molecule has 3 heteroatoms. The van der Waals surface area contributed by atoms with Crippen LogP contribution in [0.5, 0.6) is 0 Å². The van der Waals surface area contributed by atoms with Crippen molar-refractivity contribution >= 4 is 16.1 Å². The average molecular weight is 259 g/mol. The third-order valence-electron chi connectivity index (χ3n) is 3.41. The summed E-state index contributed by atoms with van der Waals surface area (Å²) in [6.45, 7) is 21.0. The molecule has 0 amide bonds. The Morgan fingerprint density at radius 3 is 1.75 bits per heavy atom. The van der Waals surface area contributed by atoms with E-state index >= 15 is 0 Å². The fraction of sp³-hybridized carbons (Fsp3) is 0.846. The van der Waals surface area contributed by atoms with E-state index in [0.29, 0.717) is 5.04 Å². The van der Waals surface area contributed by atoms with E-state index < -0.39 is 16.1 Å². The van der Waals surface area contributed by atoms with E-state index in [9.17, 15) is 0 Å². The maximum atomic E-state index is 6.13. The second kappa shape index (κ2) is 5.09. The molecule has 0 fully saturated rings. The molecule has 0 atom stereocenters. The van der Waals surface area contributed by atoms with Crippen LogP contribution in [0.4, 0.5) is 0 Å². The number of ether oxygens (including phenoxy) is 1. The number of allylic oxidation sites excluding steroid dienone is 1. The fourth-order valence-corrected chi connectivity index (χ4v) is 3.92. The summed E-state index contributed by atoms with van der Waals surface area (Å²) >= 11 is 0. The lowest BCUT2D eigenvalue weighted by Crippen LogP contribution is -2.42. The predicted octanol–water partition coefficient (Wildman–Crippen LogP) is 4.83. The number of hydrogen-bond donors (Lipinski definition) is 0. The molecule has 0 aliphatic rings. The van der Waals surface area contributed by atoms with Gasteiger partial charge < -0.3 is 4.74 Å². The Hall–Kier alpha value is -0.0262. The highest BCUT2D eigenvalue weighted by molar-refractivity contribution is 6.86. The summed E-state index contributed by atoms with van der Waals surface area (Å²) in [6, 6.07) is 0. The van der Waals surface area contributed by atoms with Crippen LogP contribution in [-0.2, 0) is 4.74 Å². The van der Waals surface area contributed by atoms with E-state index in [-0.39, 0.29) is 0 Å². The van der Waals surface area contributed by atoms with Crippen molar-refractivity contribution in [1.82, 2.24) is 0 Å². The van der Waals surface area contributed by atoms with E-state index in [2.05, 4.69) is 66.5 Å². The van der Waals surface area contributed by atoms with Gasteiger partial charge in [0.05, 0.1) is 19.7 Å².